The highest BCUT2D eigenvalue weighted by Crippen LogP contribution is 2.32. The molecule has 1 atom stereocenters. The number of rotatable bonds is 1. The highest BCUT2D eigenvalue weighted by molar-refractivity contribution is 6.30. The van der Waals surface area contributed by atoms with Crippen LogP contribution >= 0.6 is 23.2 Å². The summed E-state index contributed by atoms with van der Waals surface area (Å²) in [5.41, 5.74) is 1.94. The van der Waals surface area contributed by atoms with Crippen LogP contribution in [0.3, 0.4) is 0 Å². The first-order valence-electron chi connectivity index (χ1n) is 5.48. The molecule has 1 aromatic carbocycles. The maximum atomic E-state index is 5.88. The molecule has 0 saturated carbocycles. The monoisotopic (exact) mass is 277 g/mol. The number of hydrogen-bond donors (Lipinski definition) is 0. The molecule has 2 aromatic rings. The summed E-state index contributed by atoms with van der Waals surface area (Å²) in [4.78, 5) is 4.18. The zero-order valence-corrected chi connectivity index (χ0v) is 10.8. The Labute approximate surface area is 115 Å². The minimum absolute atomic E-state index is 0.136. The molecule has 2 nitrogen and oxygen atoms in total. The lowest BCUT2D eigenvalue weighted by Gasteiger charge is -2.20. The van der Waals surface area contributed by atoms with Crippen molar-refractivity contribution in [1.82, 2.24) is 4.98 Å². The Morgan fingerprint density at radius 3 is 2.61 bits per heavy atom. The van der Waals surface area contributed by atoms with Crippen molar-refractivity contribution in [3.63, 3.8) is 0 Å². The second-order valence-corrected chi connectivity index (χ2v) is 4.87. The van der Waals surface area contributed by atoms with Crippen molar-refractivity contribution in [2.75, 3.05) is 0 Å². The fraction of sp³-hybridized carbons (Fsp3) is 0.0714. The average Bonchev–Trinajstić information content (AvgIpc) is 2.39. The molecular weight excluding hydrogens is 269 g/mol. The second kappa shape index (κ2) is 4.63. The largest absolute Gasteiger partial charge is 0.465 e. The van der Waals surface area contributed by atoms with E-state index in [9.17, 15) is 0 Å². The second-order valence-electron chi connectivity index (χ2n) is 4.00. The van der Waals surface area contributed by atoms with Gasteiger partial charge in [0.15, 0.2) is 0 Å². The molecule has 0 aliphatic carbocycles. The molecule has 90 valence electrons. The van der Waals surface area contributed by atoms with Crippen LogP contribution in [0.25, 0.3) is 6.08 Å². The molecule has 1 unspecified atom stereocenters. The minimum Gasteiger partial charge on any atom is -0.465 e. The third-order valence-corrected chi connectivity index (χ3v) is 3.19. The van der Waals surface area contributed by atoms with Crippen molar-refractivity contribution in [3.05, 3.63) is 63.8 Å². The van der Waals surface area contributed by atoms with Crippen LogP contribution in [0, 0.1) is 0 Å². The quantitative estimate of drug-likeness (QED) is 0.764. The standard InChI is InChI=1S/C14H9Cl2NO/c15-11-4-1-9(2-5-11)13-6-3-10-7-12(16)8-17-14(10)18-13/h1-8,13H. The van der Waals surface area contributed by atoms with E-state index in [0.717, 1.165) is 11.1 Å². The summed E-state index contributed by atoms with van der Waals surface area (Å²) < 4.78 is 5.81. The van der Waals surface area contributed by atoms with Gasteiger partial charge in [0.2, 0.25) is 5.88 Å². The van der Waals surface area contributed by atoms with Gasteiger partial charge in [-0.1, -0.05) is 35.3 Å². The van der Waals surface area contributed by atoms with E-state index in [1.807, 2.05) is 42.5 Å². The van der Waals surface area contributed by atoms with Crippen LogP contribution in [0.2, 0.25) is 10.0 Å². The lowest BCUT2D eigenvalue weighted by Crippen LogP contribution is -2.09. The molecule has 18 heavy (non-hydrogen) atoms. The van der Waals surface area contributed by atoms with Gasteiger partial charge >= 0.3 is 0 Å². The topological polar surface area (TPSA) is 22.1 Å². The summed E-state index contributed by atoms with van der Waals surface area (Å²) in [5.74, 6) is 0.599. The van der Waals surface area contributed by atoms with E-state index in [0.29, 0.717) is 15.9 Å². The van der Waals surface area contributed by atoms with Gasteiger partial charge in [-0.05, 0) is 35.9 Å². The predicted molar refractivity (Wildman–Crippen MR) is 73.1 cm³/mol. The van der Waals surface area contributed by atoms with Gasteiger partial charge < -0.3 is 4.74 Å². The maximum Gasteiger partial charge on any atom is 0.221 e. The summed E-state index contributed by atoms with van der Waals surface area (Å²) in [6, 6.07) is 9.41. The normalized spacial score (nSPS) is 17.1. The molecule has 0 spiro atoms. The first kappa shape index (κ1) is 11.6. The first-order chi connectivity index (χ1) is 8.72. The Morgan fingerprint density at radius 1 is 1.06 bits per heavy atom. The number of hydrogen-bond acceptors (Lipinski definition) is 2. The number of halogens is 2. The fourth-order valence-corrected chi connectivity index (χ4v) is 2.13. The Morgan fingerprint density at radius 2 is 1.83 bits per heavy atom. The first-order valence-corrected chi connectivity index (χ1v) is 6.24. The smallest absolute Gasteiger partial charge is 0.221 e. The molecule has 3 rings (SSSR count). The minimum atomic E-state index is -0.136. The van der Waals surface area contributed by atoms with E-state index in [1.165, 1.54) is 0 Å². The molecule has 0 N–H and O–H groups in total. The third-order valence-electron chi connectivity index (χ3n) is 2.73. The Balaban J connectivity index is 1.92. The van der Waals surface area contributed by atoms with Crippen LogP contribution in [0.5, 0.6) is 5.88 Å². The van der Waals surface area contributed by atoms with Crippen LogP contribution in [0.4, 0.5) is 0 Å². The molecule has 0 saturated heterocycles. The lowest BCUT2D eigenvalue weighted by molar-refractivity contribution is 0.241. The maximum absolute atomic E-state index is 5.88. The van der Waals surface area contributed by atoms with Crippen LogP contribution in [-0.4, -0.2) is 4.98 Å². The van der Waals surface area contributed by atoms with Crippen LogP contribution in [0.15, 0.2) is 42.6 Å². The SMILES string of the molecule is Clc1ccc(C2C=Cc3cc(Cl)cnc3O2)cc1. The van der Waals surface area contributed by atoms with Gasteiger partial charge in [-0.25, -0.2) is 4.98 Å². The summed E-state index contributed by atoms with van der Waals surface area (Å²) in [5, 5.41) is 1.32. The fourth-order valence-electron chi connectivity index (χ4n) is 1.84. The van der Waals surface area contributed by atoms with E-state index in [1.54, 1.807) is 6.20 Å². The van der Waals surface area contributed by atoms with Crippen molar-refractivity contribution in [3.8, 4) is 5.88 Å². The Bertz CT molecular complexity index is 608. The van der Waals surface area contributed by atoms with Gasteiger partial charge in [-0.15, -0.1) is 0 Å². The molecule has 1 aliphatic heterocycles. The summed E-state index contributed by atoms with van der Waals surface area (Å²) in [7, 11) is 0. The van der Waals surface area contributed by atoms with Crippen molar-refractivity contribution < 1.29 is 4.74 Å². The highest BCUT2D eigenvalue weighted by atomic mass is 35.5. The van der Waals surface area contributed by atoms with Crippen molar-refractivity contribution in [2.24, 2.45) is 0 Å². The molecule has 2 heterocycles. The molecule has 0 bridgehead atoms. The number of pyridine rings is 1. The van der Waals surface area contributed by atoms with Crippen LogP contribution < -0.4 is 4.74 Å². The number of ether oxygens (including phenoxy) is 1. The van der Waals surface area contributed by atoms with Gasteiger partial charge in [0.25, 0.3) is 0 Å². The molecule has 0 radical (unpaired) electrons. The lowest BCUT2D eigenvalue weighted by atomic mass is 10.1. The van der Waals surface area contributed by atoms with E-state index in [4.69, 9.17) is 27.9 Å². The number of benzene rings is 1. The third kappa shape index (κ3) is 2.22. The molecule has 1 aliphatic rings. The summed E-state index contributed by atoms with van der Waals surface area (Å²) >= 11 is 11.7. The van der Waals surface area contributed by atoms with Gasteiger partial charge in [-0.2, -0.15) is 0 Å². The van der Waals surface area contributed by atoms with Crippen molar-refractivity contribution in [1.29, 1.82) is 0 Å². The van der Waals surface area contributed by atoms with Crippen LogP contribution in [-0.2, 0) is 0 Å². The zero-order valence-electron chi connectivity index (χ0n) is 9.31. The summed E-state index contributed by atoms with van der Waals surface area (Å²) in [6.07, 6.45) is 5.39. The van der Waals surface area contributed by atoms with Crippen molar-refractivity contribution in [2.45, 2.75) is 6.10 Å². The number of fused-ring (bicyclic) bond motifs is 1. The Kier molecular flexibility index (Phi) is 2.98. The number of aromatic nitrogens is 1. The van der Waals surface area contributed by atoms with Gasteiger partial charge in [-0.3, -0.25) is 0 Å². The van der Waals surface area contributed by atoms with Crippen molar-refractivity contribution >= 4 is 29.3 Å². The van der Waals surface area contributed by atoms with Crippen LogP contribution in [0.1, 0.15) is 17.2 Å². The molecule has 4 heteroatoms. The Hall–Kier alpha value is -1.51. The van der Waals surface area contributed by atoms with Gasteiger partial charge in [0.05, 0.1) is 5.02 Å². The highest BCUT2D eigenvalue weighted by Gasteiger charge is 2.17. The van der Waals surface area contributed by atoms with E-state index in [-0.39, 0.29) is 6.10 Å². The predicted octanol–water partition coefficient (Wildman–Crippen LogP) is 4.54. The molecule has 0 fully saturated rings. The summed E-state index contributed by atoms with van der Waals surface area (Å²) in [6.45, 7) is 0. The molecule has 1 aromatic heterocycles. The number of nitrogens with zero attached hydrogens (tertiary/aromatic N) is 1. The molecule has 0 amide bonds. The average molecular weight is 278 g/mol. The molecular formula is C14H9Cl2NO. The van der Waals surface area contributed by atoms with E-state index in [2.05, 4.69) is 4.98 Å². The van der Waals surface area contributed by atoms with Gasteiger partial charge in [0, 0.05) is 16.8 Å². The van der Waals surface area contributed by atoms with E-state index < -0.39 is 0 Å². The zero-order chi connectivity index (χ0) is 12.5. The van der Waals surface area contributed by atoms with Gasteiger partial charge in [0.1, 0.15) is 6.10 Å². The van der Waals surface area contributed by atoms with E-state index >= 15 is 0 Å².